The second-order valence-corrected chi connectivity index (χ2v) is 7.32. The highest BCUT2D eigenvalue weighted by atomic mass is 16.5. The molecule has 0 fully saturated rings. The van der Waals surface area contributed by atoms with Crippen LogP contribution < -0.4 is 10.5 Å². The van der Waals surface area contributed by atoms with E-state index in [1.807, 2.05) is 29.2 Å². The fraction of sp³-hybridized carbons (Fsp3) is 0.174. The van der Waals surface area contributed by atoms with Crippen molar-refractivity contribution in [2.24, 2.45) is 5.73 Å². The first kappa shape index (κ1) is 17.6. The molecule has 0 aliphatic carbocycles. The summed E-state index contributed by atoms with van der Waals surface area (Å²) in [4.78, 5) is 15.3. The molecule has 0 unspecified atom stereocenters. The monoisotopic (exact) mass is 388 g/mol. The molecule has 4 N–H and O–H groups in total. The molecule has 5 rings (SSSR count). The Balaban J connectivity index is 1.90. The minimum atomic E-state index is -0.923. The molecule has 0 bridgehead atoms. The highest BCUT2D eigenvalue weighted by Gasteiger charge is 2.55. The quantitative estimate of drug-likeness (QED) is 0.640. The first-order chi connectivity index (χ1) is 14.1. The lowest BCUT2D eigenvalue weighted by molar-refractivity contribution is 0.0664. The predicted molar refractivity (Wildman–Crippen MR) is 107 cm³/mol. The molecule has 2 heterocycles. The Bertz CT molecular complexity index is 1090. The Kier molecular flexibility index (Phi) is 3.79. The van der Waals surface area contributed by atoms with E-state index >= 15 is 0 Å². The van der Waals surface area contributed by atoms with Gasteiger partial charge >= 0.3 is 0 Å². The number of rotatable bonds is 3. The van der Waals surface area contributed by atoms with E-state index in [9.17, 15) is 15.0 Å². The summed E-state index contributed by atoms with van der Waals surface area (Å²) in [6.45, 7) is 0.919. The molecule has 0 saturated carbocycles. The van der Waals surface area contributed by atoms with E-state index in [-0.39, 0.29) is 17.4 Å². The molecule has 29 heavy (non-hydrogen) atoms. The second kappa shape index (κ2) is 6.25. The van der Waals surface area contributed by atoms with Gasteiger partial charge in [-0.05, 0) is 48.9 Å². The average Bonchev–Trinajstić information content (AvgIpc) is 2.95. The fourth-order valence-corrected chi connectivity index (χ4v) is 4.58. The molecule has 6 heteroatoms. The van der Waals surface area contributed by atoms with E-state index in [0.29, 0.717) is 36.6 Å². The first-order valence-corrected chi connectivity index (χ1v) is 9.53. The van der Waals surface area contributed by atoms with Crippen LogP contribution in [0.25, 0.3) is 0 Å². The number of nitrogens with two attached hydrogens (primary N) is 1. The van der Waals surface area contributed by atoms with Crippen molar-refractivity contribution < 1.29 is 19.7 Å². The van der Waals surface area contributed by atoms with Crippen molar-refractivity contribution in [3.05, 3.63) is 82.9 Å². The molecule has 0 atom stereocenters. The zero-order valence-electron chi connectivity index (χ0n) is 15.6. The van der Waals surface area contributed by atoms with Crippen LogP contribution in [0.4, 0.5) is 0 Å². The number of phenolic OH excluding ortho intramolecular Hbond substituents is 2. The van der Waals surface area contributed by atoms with Crippen LogP contribution in [0.3, 0.4) is 0 Å². The third-order valence-electron chi connectivity index (χ3n) is 5.71. The number of phenols is 2. The Morgan fingerprint density at radius 1 is 0.897 bits per heavy atom. The summed E-state index contributed by atoms with van der Waals surface area (Å²) < 4.78 is 6.05. The van der Waals surface area contributed by atoms with Crippen molar-refractivity contribution in [3.8, 4) is 23.0 Å². The molecule has 3 aromatic rings. The van der Waals surface area contributed by atoms with E-state index in [4.69, 9.17) is 10.5 Å². The normalized spacial score (nSPS) is 15.6. The fourth-order valence-electron chi connectivity index (χ4n) is 4.58. The maximum atomic E-state index is 13.5. The minimum Gasteiger partial charge on any atom is -0.508 e. The number of benzene rings is 3. The third-order valence-corrected chi connectivity index (χ3v) is 5.71. The number of nitrogens with zero attached hydrogens (tertiary/aromatic N) is 1. The van der Waals surface area contributed by atoms with Gasteiger partial charge in [0.25, 0.3) is 5.91 Å². The summed E-state index contributed by atoms with van der Waals surface area (Å²) in [5.74, 6) is 0.951. The molecule has 6 nitrogen and oxygen atoms in total. The average molecular weight is 388 g/mol. The Morgan fingerprint density at radius 2 is 1.52 bits per heavy atom. The van der Waals surface area contributed by atoms with Gasteiger partial charge in [-0.3, -0.25) is 4.79 Å². The molecule has 0 aromatic heterocycles. The van der Waals surface area contributed by atoms with Crippen LogP contribution in [0, 0.1) is 0 Å². The van der Waals surface area contributed by atoms with Crippen molar-refractivity contribution in [2.45, 2.75) is 12.0 Å². The van der Waals surface area contributed by atoms with Crippen molar-refractivity contribution in [3.63, 3.8) is 0 Å². The van der Waals surface area contributed by atoms with Crippen LogP contribution in [-0.2, 0) is 5.54 Å². The van der Waals surface area contributed by atoms with Gasteiger partial charge in [0, 0.05) is 35.4 Å². The molecule has 1 spiro atoms. The topological polar surface area (TPSA) is 96.0 Å². The largest absolute Gasteiger partial charge is 0.508 e. The number of ether oxygens (including phenoxy) is 1. The van der Waals surface area contributed by atoms with Crippen LogP contribution in [0.5, 0.6) is 23.0 Å². The lowest BCUT2D eigenvalue weighted by Crippen LogP contribution is -2.48. The van der Waals surface area contributed by atoms with E-state index < -0.39 is 5.54 Å². The summed E-state index contributed by atoms with van der Waals surface area (Å²) in [7, 11) is 0. The summed E-state index contributed by atoms with van der Waals surface area (Å²) in [6.07, 6.45) is 0.642. The predicted octanol–water partition coefficient (Wildman–Crippen LogP) is 3.30. The van der Waals surface area contributed by atoms with Crippen LogP contribution in [0.1, 0.15) is 33.5 Å². The molecular weight excluding hydrogens is 368 g/mol. The molecule has 1 amide bonds. The van der Waals surface area contributed by atoms with E-state index in [0.717, 1.165) is 16.7 Å². The van der Waals surface area contributed by atoms with Gasteiger partial charge in [0.1, 0.15) is 28.5 Å². The maximum Gasteiger partial charge on any atom is 0.255 e. The minimum absolute atomic E-state index is 0.0635. The summed E-state index contributed by atoms with van der Waals surface area (Å²) in [5.41, 5.74) is 7.87. The van der Waals surface area contributed by atoms with Crippen molar-refractivity contribution in [2.75, 3.05) is 13.1 Å². The van der Waals surface area contributed by atoms with Gasteiger partial charge in [-0.25, -0.2) is 0 Å². The molecule has 146 valence electrons. The van der Waals surface area contributed by atoms with Gasteiger partial charge < -0.3 is 25.6 Å². The van der Waals surface area contributed by atoms with Crippen molar-refractivity contribution in [1.29, 1.82) is 0 Å². The first-order valence-electron chi connectivity index (χ1n) is 9.53. The molecule has 0 saturated heterocycles. The number of fused-ring (bicyclic) bond motifs is 6. The molecular formula is C23H20N2O4. The maximum absolute atomic E-state index is 13.5. The van der Waals surface area contributed by atoms with Crippen LogP contribution in [-0.4, -0.2) is 34.1 Å². The van der Waals surface area contributed by atoms with Crippen LogP contribution >= 0.6 is 0 Å². The van der Waals surface area contributed by atoms with Crippen LogP contribution in [0.15, 0.2) is 60.7 Å². The van der Waals surface area contributed by atoms with Gasteiger partial charge in [0.2, 0.25) is 0 Å². The van der Waals surface area contributed by atoms with Gasteiger partial charge in [-0.1, -0.05) is 18.2 Å². The van der Waals surface area contributed by atoms with E-state index in [2.05, 4.69) is 0 Å². The standard InChI is InChI=1S/C23H20N2O4/c24-10-3-11-25-22(28)16-4-1-2-5-17(16)23(25)18-8-6-14(26)12-20(18)29-21-13-15(27)7-9-19(21)23/h1-2,4-9,12-13,26-27H,3,10-11,24H2. The summed E-state index contributed by atoms with van der Waals surface area (Å²) in [5, 5.41) is 20.1. The highest BCUT2D eigenvalue weighted by Crippen LogP contribution is 2.58. The lowest BCUT2D eigenvalue weighted by atomic mass is 9.74. The Labute approximate surface area is 167 Å². The number of carbonyl (C=O) groups excluding carboxylic acids is 1. The SMILES string of the molecule is NCCCN1C(=O)c2ccccc2C12c1ccc(O)cc1Oc1cc(O)ccc12. The third kappa shape index (κ3) is 2.29. The number of amides is 1. The molecule has 3 aromatic carbocycles. The molecule has 0 radical (unpaired) electrons. The molecule has 2 aliphatic heterocycles. The van der Waals surface area contributed by atoms with Gasteiger partial charge in [0.05, 0.1) is 0 Å². The summed E-state index contributed by atoms with van der Waals surface area (Å²) >= 11 is 0. The van der Waals surface area contributed by atoms with Gasteiger partial charge in [-0.15, -0.1) is 0 Å². The highest BCUT2D eigenvalue weighted by molar-refractivity contribution is 6.02. The van der Waals surface area contributed by atoms with Gasteiger partial charge in [0.15, 0.2) is 0 Å². The van der Waals surface area contributed by atoms with Crippen LogP contribution in [0.2, 0.25) is 0 Å². The molecule has 2 aliphatic rings. The number of carbonyl (C=O) groups is 1. The second-order valence-electron chi connectivity index (χ2n) is 7.32. The smallest absolute Gasteiger partial charge is 0.255 e. The number of aromatic hydroxyl groups is 2. The van der Waals surface area contributed by atoms with Crippen molar-refractivity contribution in [1.82, 2.24) is 4.90 Å². The number of hydrogen-bond acceptors (Lipinski definition) is 5. The zero-order chi connectivity index (χ0) is 20.2. The van der Waals surface area contributed by atoms with Gasteiger partial charge in [-0.2, -0.15) is 0 Å². The lowest BCUT2D eigenvalue weighted by Gasteiger charge is -2.44. The summed E-state index contributed by atoms with van der Waals surface area (Å²) in [6, 6.07) is 17.4. The Hall–Kier alpha value is -3.51. The number of hydrogen-bond donors (Lipinski definition) is 3. The van der Waals surface area contributed by atoms with Crippen molar-refractivity contribution >= 4 is 5.91 Å². The van der Waals surface area contributed by atoms with E-state index in [1.54, 1.807) is 24.3 Å². The van der Waals surface area contributed by atoms with E-state index in [1.165, 1.54) is 12.1 Å². The Morgan fingerprint density at radius 3 is 2.14 bits per heavy atom. The zero-order valence-corrected chi connectivity index (χ0v) is 15.6.